The maximum absolute atomic E-state index is 3.67. The normalized spacial score (nSPS) is 11.1. The van der Waals surface area contributed by atoms with Crippen molar-refractivity contribution in [2.24, 2.45) is 0 Å². The average Bonchev–Trinajstić information content (AvgIpc) is 2.34. The number of rotatable bonds is 3. The van der Waals surface area contributed by atoms with Crippen LogP contribution >= 0.6 is 63.7 Å². The Bertz CT molecular complexity index is 541. The molecule has 0 heterocycles. The highest BCUT2D eigenvalue weighted by molar-refractivity contribution is 9.11. The molecule has 0 bridgehead atoms. The molecule has 0 aliphatic rings. The summed E-state index contributed by atoms with van der Waals surface area (Å²) in [5.41, 5.74) is 2.63. The van der Waals surface area contributed by atoms with Crippen LogP contribution in [-0.4, -0.2) is 0 Å². The van der Waals surface area contributed by atoms with Crippen LogP contribution in [0, 0.1) is 0 Å². The Kier molecular flexibility index (Phi) is 5.70. The fourth-order valence-electron chi connectivity index (χ4n) is 2.18. The van der Waals surface area contributed by atoms with Crippen LogP contribution in [0.4, 0.5) is 0 Å². The van der Waals surface area contributed by atoms with Crippen molar-refractivity contribution in [2.75, 3.05) is 0 Å². The Balaban J connectivity index is 2.50. The summed E-state index contributed by atoms with van der Waals surface area (Å²) in [6.45, 7) is 2.22. The highest BCUT2D eigenvalue weighted by Crippen LogP contribution is 2.38. The van der Waals surface area contributed by atoms with E-state index < -0.39 is 0 Å². The lowest BCUT2D eigenvalue weighted by molar-refractivity contribution is 0.769. The summed E-state index contributed by atoms with van der Waals surface area (Å²) in [5.74, 6) is 0.380. The molecule has 0 aromatic heterocycles. The molecule has 0 saturated carbocycles. The van der Waals surface area contributed by atoms with Crippen molar-refractivity contribution in [3.63, 3.8) is 0 Å². The molecule has 0 radical (unpaired) electrons. The van der Waals surface area contributed by atoms with E-state index in [0.717, 1.165) is 24.3 Å². The molecule has 0 unspecified atom stereocenters. The summed E-state index contributed by atoms with van der Waals surface area (Å²) < 4.78 is 4.47. The van der Waals surface area contributed by atoms with Crippen LogP contribution in [0.2, 0.25) is 0 Å². The Morgan fingerprint density at radius 2 is 1.21 bits per heavy atom. The van der Waals surface area contributed by atoms with Gasteiger partial charge in [0.15, 0.2) is 0 Å². The predicted molar refractivity (Wildman–Crippen MR) is 95.8 cm³/mol. The Hall–Kier alpha value is 0.360. The number of benzene rings is 2. The third-order valence-corrected chi connectivity index (χ3v) is 5.44. The lowest BCUT2D eigenvalue weighted by Crippen LogP contribution is -2.02. The lowest BCUT2D eigenvalue weighted by Gasteiger charge is -2.19. The van der Waals surface area contributed by atoms with Crippen molar-refractivity contribution in [3.8, 4) is 0 Å². The van der Waals surface area contributed by atoms with Gasteiger partial charge in [-0.25, -0.2) is 0 Å². The van der Waals surface area contributed by atoms with E-state index in [-0.39, 0.29) is 0 Å². The molecule has 4 heteroatoms. The molecule has 2 aromatic rings. The second-order valence-corrected chi connectivity index (χ2v) is 7.83. The largest absolute Gasteiger partial charge is 0.0645 e. The predicted octanol–water partition coefficient (Wildman–Crippen LogP) is 7.28. The van der Waals surface area contributed by atoms with Gasteiger partial charge in [0.1, 0.15) is 0 Å². The summed E-state index contributed by atoms with van der Waals surface area (Å²) in [7, 11) is 0. The van der Waals surface area contributed by atoms with Crippen molar-refractivity contribution in [1.29, 1.82) is 0 Å². The van der Waals surface area contributed by atoms with Crippen LogP contribution in [0.3, 0.4) is 0 Å². The van der Waals surface area contributed by atoms with E-state index >= 15 is 0 Å². The molecule has 0 spiro atoms. The van der Waals surface area contributed by atoms with E-state index in [1.807, 2.05) is 0 Å². The lowest BCUT2D eigenvalue weighted by atomic mass is 9.89. The van der Waals surface area contributed by atoms with Crippen LogP contribution in [0.25, 0.3) is 0 Å². The molecule has 0 amide bonds. The Morgan fingerprint density at radius 3 is 1.53 bits per heavy atom. The van der Waals surface area contributed by atoms with Gasteiger partial charge in [-0.05, 0) is 41.8 Å². The standard InChI is InChI=1S/C15H12Br4/c1-2-11(12-5-3-9(16)7-14(12)18)13-6-4-10(17)8-15(13)19/h3-8,11H,2H2,1H3. The molecule has 0 saturated heterocycles. The summed E-state index contributed by atoms with van der Waals surface area (Å²) >= 11 is 14.3. The maximum atomic E-state index is 3.67. The summed E-state index contributed by atoms with van der Waals surface area (Å²) in [6, 6.07) is 12.7. The zero-order chi connectivity index (χ0) is 14.0. The van der Waals surface area contributed by atoms with Gasteiger partial charge in [-0.3, -0.25) is 0 Å². The van der Waals surface area contributed by atoms with Crippen molar-refractivity contribution in [3.05, 3.63) is 65.4 Å². The third kappa shape index (κ3) is 3.72. The quantitative estimate of drug-likeness (QED) is 0.406. The Labute approximate surface area is 147 Å². The minimum atomic E-state index is 0.380. The first-order valence-corrected chi connectivity index (χ1v) is 9.10. The van der Waals surface area contributed by atoms with Gasteiger partial charge in [0.25, 0.3) is 0 Å². The van der Waals surface area contributed by atoms with Gasteiger partial charge < -0.3 is 0 Å². The number of halogens is 4. The first-order chi connectivity index (χ1) is 9.02. The van der Waals surface area contributed by atoms with E-state index in [4.69, 9.17) is 0 Å². The minimum Gasteiger partial charge on any atom is -0.0645 e. The van der Waals surface area contributed by atoms with Crippen LogP contribution in [0.15, 0.2) is 54.3 Å². The van der Waals surface area contributed by atoms with E-state index in [2.05, 4.69) is 107 Å². The summed E-state index contributed by atoms with van der Waals surface area (Å²) in [6.07, 6.45) is 1.06. The molecule has 0 nitrogen and oxygen atoms in total. The van der Waals surface area contributed by atoms with Gasteiger partial charge in [-0.15, -0.1) is 0 Å². The molecular formula is C15H12Br4. The first-order valence-electron chi connectivity index (χ1n) is 5.92. The SMILES string of the molecule is CCC(c1ccc(Br)cc1Br)c1ccc(Br)cc1Br. The van der Waals surface area contributed by atoms with E-state index in [9.17, 15) is 0 Å². The molecule has 0 atom stereocenters. The highest BCUT2D eigenvalue weighted by atomic mass is 79.9. The molecule has 0 aliphatic heterocycles. The van der Waals surface area contributed by atoms with Crippen molar-refractivity contribution in [2.45, 2.75) is 19.3 Å². The van der Waals surface area contributed by atoms with Crippen LogP contribution in [0.1, 0.15) is 30.4 Å². The molecule has 2 aromatic carbocycles. The molecule has 0 N–H and O–H groups in total. The molecule has 100 valence electrons. The Morgan fingerprint density at radius 1 is 0.789 bits per heavy atom. The average molecular weight is 512 g/mol. The van der Waals surface area contributed by atoms with E-state index in [0.29, 0.717) is 5.92 Å². The summed E-state index contributed by atoms with van der Waals surface area (Å²) in [4.78, 5) is 0. The van der Waals surface area contributed by atoms with E-state index in [1.54, 1.807) is 0 Å². The molecule has 0 aliphatic carbocycles. The topological polar surface area (TPSA) is 0 Å². The van der Waals surface area contributed by atoms with Gasteiger partial charge >= 0.3 is 0 Å². The van der Waals surface area contributed by atoms with Crippen LogP contribution in [0.5, 0.6) is 0 Å². The van der Waals surface area contributed by atoms with Gasteiger partial charge in [0.2, 0.25) is 0 Å². The zero-order valence-electron chi connectivity index (χ0n) is 10.3. The minimum absolute atomic E-state index is 0.380. The van der Waals surface area contributed by atoms with Crippen molar-refractivity contribution >= 4 is 63.7 Å². The van der Waals surface area contributed by atoms with Gasteiger partial charge in [0, 0.05) is 23.8 Å². The molecule has 2 rings (SSSR count). The van der Waals surface area contributed by atoms with Crippen LogP contribution in [-0.2, 0) is 0 Å². The fraction of sp³-hybridized carbons (Fsp3) is 0.200. The maximum Gasteiger partial charge on any atom is 0.0224 e. The zero-order valence-corrected chi connectivity index (χ0v) is 16.6. The van der Waals surface area contributed by atoms with Crippen molar-refractivity contribution in [1.82, 2.24) is 0 Å². The smallest absolute Gasteiger partial charge is 0.0224 e. The summed E-state index contributed by atoms with van der Waals surface area (Å²) in [5, 5.41) is 0. The second-order valence-electron chi connectivity index (χ2n) is 4.29. The van der Waals surface area contributed by atoms with Gasteiger partial charge in [-0.1, -0.05) is 82.8 Å². The number of hydrogen-bond donors (Lipinski definition) is 0. The van der Waals surface area contributed by atoms with Gasteiger partial charge in [0.05, 0.1) is 0 Å². The van der Waals surface area contributed by atoms with Crippen molar-refractivity contribution < 1.29 is 0 Å². The van der Waals surface area contributed by atoms with E-state index in [1.165, 1.54) is 11.1 Å². The molecule has 0 fully saturated rings. The number of hydrogen-bond acceptors (Lipinski definition) is 0. The second kappa shape index (κ2) is 6.88. The third-order valence-electron chi connectivity index (χ3n) is 3.08. The molecule has 19 heavy (non-hydrogen) atoms. The first kappa shape index (κ1) is 15.7. The van der Waals surface area contributed by atoms with Gasteiger partial charge in [-0.2, -0.15) is 0 Å². The monoisotopic (exact) mass is 508 g/mol. The highest BCUT2D eigenvalue weighted by Gasteiger charge is 2.17. The fourth-order valence-corrected chi connectivity index (χ4v) is 4.82. The molecular weight excluding hydrogens is 500 g/mol. The van der Waals surface area contributed by atoms with Crippen LogP contribution < -0.4 is 0 Å².